The number of rotatable bonds is 4. The van der Waals surface area contributed by atoms with Gasteiger partial charge in [-0.2, -0.15) is 5.10 Å². The SMILES string of the molecule is C/C(=N/N1CCN(Cc2ccc(Cl)cc2)CC1)c1cccc(Br)c1. The van der Waals surface area contributed by atoms with Crippen LogP contribution in [0.25, 0.3) is 0 Å². The Morgan fingerprint density at radius 3 is 2.46 bits per heavy atom. The molecule has 0 spiro atoms. The van der Waals surface area contributed by atoms with Gasteiger partial charge < -0.3 is 0 Å². The summed E-state index contributed by atoms with van der Waals surface area (Å²) in [7, 11) is 0. The summed E-state index contributed by atoms with van der Waals surface area (Å²) in [6.07, 6.45) is 0. The first kappa shape index (κ1) is 17.5. The third kappa shape index (κ3) is 4.82. The van der Waals surface area contributed by atoms with Gasteiger partial charge in [0.1, 0.15) is 0 Å². The molecule has 0 aliphatic carbocycles. The first-order chi connectivity index (χ1) is 11.6. The zero-order valence-corrected chi connectivity index (χ0v) is 16.1. The van der Waals surface area contributed by atoms with E-state index in [9.17, 15) is 0 Å². The number of piperazine rings is 1. The van der Waals surface area contributed by atoms with Gasteiger partial charge in [-0.25, -0.2) is 0 Å². The smallest absolute Gasteiger partial charge is 0.0647 e. The van der Waals surface area contributed by atoms with Crippen molar-refractivity contribution in [3.8, 4) is 0 Å². The quantitative estimate of drug-likeness (QED) is 0.689. The van der Waals surface area contributed by atoms with Crippen LogP contribution in [-0.4, -0.2) is 41.8 Å². The lowest BCUT2D eigenvalue weighted by atomic mass is 10.1. The molecule has 0 amide bonds. The summed E-state index contributed by atoms with van der Waals surface area (Å²) in [5, 5.41) is 7.75. The molecule has 5 heteroatoms. The van der Waals surface area contributed by atoms with E-state index in [2.05, 4.69) is 57.0 Å². The van der Waals surface area contributed by atoms with E-state index in [1.54, 1.807) is 0 Å². The summed E-state index contributed by atoms with van der Waals surface area (Å²) in [5.74, 6) is 0. The topological polar surface area (TPSA) is 18.8 Å². The molecule has 3 rings (SSSR count). The number of halogens is 2. The normalized spacial score (nSPS) is 16.5. The first-order valence-corrected chi connectivity index (χ1v) is 9.30. The molecule has 0 N–H and O–H groups in total. The third-order valence-electron chi connectivity index (χ3n) is 4.20. The first-order valence-electron chi connectivity index (χ1n) is 8.13. The Morgan fingerprint density at radius 1 is 1.08 bits per heavy atom. The van der Waals surface area contributed by atoms with E-state index in [0.717, 1.165) is 53.5 Å². The zero-order chi connectivity index (χ0) is 16.9. The van der Waals surface area contributed by atoms with Crippen LogP contribution in [0, 0.1) is 0 Å². The summed E-state index contributed by atoms with van der Waals surface area (Å²) >= 11 is 9.46. The second-order valence-electron chi connectivity index (χ2n) is 6.05. The number of benzene rings is 2. The maximum atomic E-state index is 5.94. The van der Waals surface area contributed by atoms with Crippen molar-refractivity contribution in [1.82, 2.24) is 9.91 Å². The fraction of sp³-hybridized carbons (Fsp3) is 0.316. The van der Waals surface area contributed by atoms with E-state index < -0.39 is 0 Å². The van der Waals surface area contributed by atoms with Crippen molar-refractivity contribution in [2.24, 2.45) is 5.10 Å². The molecule has 24 heavy (non-hydrogen) atoms. The Morgan fingerprint density at radius 2 is 1.79 bits per heavy atom. The van der Waals surface area contributed by atoms with Crippen LogP contribution in [0.1, 0.15) is 18.1 Å². The molecule has 0 radical (unpaired) electrons. The Labute approximate surface area is 157 Å². The predicted molar refractivity (Wildman–Crippen MR) is 105 cm³/mol. The van der Waals surface area contributed by atoms with Crippen LogP contribution in [0.4, 0.5) is 0 Å². The van der Waals surface area contributed by atoms with E-state index in [-0.39, 0.29) is 0 Å². The lowest BCUT2D eigenvalue weighted by Crippen LogP contribution is -2.43. The van der Waals surface area contributed by atoms with E-state index in [1.165, 1.54) is 5.56 Å². The Hall–Kier alpha value is -1.36. The molecule has 0 unspecified atom stereocenters. The molecule has 1 aliphatic rings. The maximum absolute atomic E-state index is 5.94. The van der Waals surface area contributed by atoms with Crippen molar-refractivity contribution in [2.75, 3.05) is 26.2 Å². The van der Waals surface area contributed by atoms with Crippen LogP contribution >= 0.6 is 27.5 Å². The molecular formula is C19H21BrClN3. The summed E-state index contributed by atoms with van der Waals surface area (Å²) in [6, 6.07) is 16.4. The highest BCUT2D eigenvalue weighted by Crippen LogP contribution is 2.15. The van der Waals surface area contributed by atoms with Gasteiger partial charge in [0.2, 0.25) is 0 Å². The maximum Gasteiger partial charge on any atom is 0.0647 e. The molecule has 0 saturated carbocycles. The molecule has 0 aromatic heterocycles. The average Bonchev–Trinajstić information content (AvgIpc) is 2.59. The lowest BCUT2D eigenvalue weighted by molar-refractivity contribution is 0.130. The van der Waals surface area contributed by atoms with Gasteiger partial charge in [-0.05, 0) is 42.3 Å². The summed E-state index contributed by atoms with van der Waals surface area (Å²) < 4.78 is 1.09. The van der Waals surface area contributed by atoms with E-state index in [0.29, 0.717) is 0 Å². The van der Waals surface area contributed by atoms with Crippen molar-refractivity contribution < 1.29 is 0 Å². The molecule has 1 fully saturated rings. The zero-order valence-electron chi connectivity index (χ0n) is 13.8. The highest BCUT2D eigenvalue weighted by Gasteiger charge is 2.16. The van der Waals surface area contributed by atoms with Gasteiger partial charge in [0, 0.05) is 42.2 Å². The highest BCUT2D eigenvalue weighted by molar-refractivity contribution is 9.10. The standard InChI is InChI=1S/C19H21BrClN3/c1-15(17-3-2-4-18(20)13-17)22-24-11-9-23(10-12-24)14-16-5-7-19(21)8-6-16/h2-8,13H,9-12,14H2,1H3/b22-15-. The molecule has 2 aromatic rings. The van der Waals surface area contributed by atoms with Crippen molar-refractivity contribution >= 4 is 33.2 Å². The summed E-state index contributed by atoms with van der Waals surface area (Å²) in [5.41, 5.74) is 3.53. The van der Waals surface area contributed by atoms with Crippen molar-refractivity contribution in [3.63, 3.8) is 0 Å². The van der Waals surface area contributed by atoms with Gasteiger partial charge in [-0.1, -0.05) is 51.8 Å². The number of hydrogen-bond acceptors (Lipinski definition) is 3. The number of nitrogens with zero attached hydrogens (tertiary/aromatic N) is 3. The summed E-state index contributed by atoms with van der Waals surface area (Å²) in [6.45, 7) is 7.01. The number of hydrazone groups is 1. The minimum Gasteiger partial charge on any atom is -0.295 e. The molecule has 3 nitrogen and oxygen atoms in total. The van der Waals surface area contributed by atoms with Crippen LogP contribution in [0.3, 0.4) is 0 Å². The molecule has 1 aliphatic heterocycles. The van der Waals surface area contributed by atoms with Crippen LogP contribution < -0.4 is 0 Å². The monoisotopic (exact) mass is 405 g/mol. The molecule has 0 atom stereocenters. The van der Waals surface area contributed by atoms with Crippen molar-refractivity contribution in [3.05, 3.63) is 69.2 Å². The Kier molecular flexibility index (Phi) is 5.93. The molecule has 1 saturated heterocycles. The molecule has 0 bridgehead atoms. The average molecular weight is 407 g/mol. The second-order valence-corrected chi connectivity index (χ2v) is 7.40. The Balaban J connectivity index is 1.55. The van der Waals surface area contributed by atoms with Crippen molar-refractivity contribution in [1.29, 1.82) is 0 Å². The molecule has 1 heterocycles. The molecule has 2 aromatic carbocycles. The van der Waals surface area contributed by atoms with Gasteiger partial charge in [-0.15, -0.1) is 0 Å². The van der Waals surface area contributed by atoms with Gasteiger partial charge in [0.05, 0.1) is 5.71 Å². The Bertz CT molecular complexity index is 707. The van der Waals surface area contributed by atoms with Gasteiger partial charge in [-0.3, -0.25) is 9.91 Å². The lowest BCUT2D eigenvalue weighted by Gasteiger charge is -2.33. The fourth-order valence-electron chi connectivity index (χ4n) is 2.83. The van der Waals surface area contributed by atoms with Gasteiger partial charge >= 0.3 is 0 Å². The van der Waals surface area contributed by atoms with Crippen LogP contribution in [0.5, 0.6) is 0 Å². The fourth-order valence-corrected chi connectivity index (χ4v) is 3.35. The minimum absolute atomic E-state index is 0.793. The molecule has 126 valence electrons. The third-order valence-corrected chi connectivity index (χ3v) is 4.95. The predicted octanol–water partition coefficient (Wildman–Crippen LogP) is 4.64. The second kappa shape index (κ2) is 8.15. The summed E-state index contributed by atoms with van der Waals surface area (Å²) in [4.78, 5) is 2.46. The highest BCUT2D eigenvalue weighted by atomic mass is 79.9. The van der Waals surface area contributed by atoms with Gasteiger partial charge in [0.25, 0.3) is 0 Å². The van der Waals surface area contributed by atoms with Crippen LogP contribution in [0.15, 0.2) is 58.1 Å². The van der Waals surface area contributed by atoms with Gasteiger partial charge in [0.15, 0.2) is 0 Å². The van der Waals surface area contributed by atoms with Crippen LogP contribution in [-0.2, 0) is 6.54 Å². The minimum atomic E-state index is 0.793. The van der Waals surface area contributed by atoms with Crippen LogP contribution in [0.2, 0.25) is 5.02 Å². The van der Waals surface area contributed by atoms with Crippen molar-refractivity contribution in [2.45, 2.75) is 13.5 Å². The van der Waals surface area contributed by atoms with E-state index in [4.69, 9.17) is 16.7 Å². The number of hydrogen-bond donors (Lipinski definition) is 0. The largest absolute Gasteiger partial charge is 0.295 e. The van der Waals surface area contributed by atoms with E-state index >= 15 is 0 Å². The molecular weight excluding hydrogens is 386 g/mol. The van der Waals surface area contributed by atoms with E-state index in [1.807, 2.05) is 24.3 Å².